The van der Waals surface area contributed by atoms with E-state index in [0.29, 0.717) is 36.0 Å². The van der Waals surface area contributed by atoms with Crippen molar-refractivity contribution in [3.63, 3.8) is 0 Å². The SMILES string of the molecule is CCC(C)C(NN)C1C(C)OC(C)C1C. The van der Waals surface area contributed by atoms with Crippen molar-refractivity contribution in [2.75, 3.05) is 0 Å². The normalized spacial score (nSPS) is 40.4. The molecule has 0 aromatic rings. The minimum atomic E-state index is 0.310. The summed E-state index contributed by atoms with van der Waals surface area (Å²) in [5, 5.41) is 0. The summed E-state index contributed by atoms with van der Waals surface area (Å²) >= 11 is 0. The van der Waals surface area contributed by atoms with E-state index in [-0.39, 0.29) is 0 Å². The second-order valence-electron chi connectivity index (χ2n) is 5.06. The van der Waals surface area contributed by atoms with Gasteiger partial charge in [0.15, 0.2) is 0 Å². The molecule has 1 aliphatic heterocycles. The van der Waals surface area contributed by atoms with E-state index in [4.69, 9.17) is 10.6 Å². The van der Waals surface area contributed by atoms with Crippen molar-refractivity contribution in [3.05, 3.63) is 0 Å². The Hall–Kier alpha value is -0.120. The molecule has 0 saturated carbocycles. The first-order valence-corrected chi connectivity index (χ1v) is 6.14. The molecule has 1 rings (SSSR count). The fourth-order valence-corrected chi connectivity index (χ4v) is 2.82. The van der Waals surface area contributed by atoms with Crippen molar-refractivity contribution in [3.8, 4) is 0 Å². The Bertz CT molecular complexity index is 198. The molecule has 3 nitrogen and oxygen atoms in total. The van der Waals surface area contributed by atoms with Crippen LogP contribution in [0.3, 0.4) is 0 Å². The lowest BCUT2D eigenvalue weighted by Gasteiger charge is -2.32. The molecule has 3 heteroatoms. The lowest BCUT2D eigenvalue weighted by molar-refractivity contribution is 0.0447. The fourth-order valence-electron chi connectivity index (χ4n) is 2.82. The molecule has 0 amide bonds. The zero-order valence-corrected chi connectivity index (χ0v) is 10.7. The van der Waals surface area contributed by atoms with Crippen molar-refractivity contribution in [2.24, 2.45) is 23.6 Å². The standard InChI is InChI=1S/C12H26N2O/c1-6-7(2)12(14-13)11-8(3)9(4)15-10(11)5/h7-12,14H,6,13H2,1-5H3. The van der Waals surface area contributed by atoms with Crippen LogP contribution in [0.1, 0.15) is 41.0 Å². The topological polar surface area (TPSA) is 47.3 Å². The summed E-state index contributed by atoms with van der Waals surface area (Å²) in [4.78, 5) is 0. The van der Waals surface area contributed by atoms with Crippen LogP contribution in [0.2, 0.25) is 0 Å². The molecular formula is C12H26N2O. The largest absolute Gasteiger partial charge is 0.375 e. The number of rotatable bonds is 4. The van der Waals surface area contributed by atoms with Crippen LogP contribution >= 0.6 is 0 Å². The van der Waals surface area contributed by atoms with Gasteiger partial charge in [-0.15, -0.1) is 0 Å². The molecule has 0 aromatic heterocycles. The molecular weight excluding hydrogens is 188 g/mol. The number of hydrogen-bond acceptors (Lipinski definition) is 3. The average Bonchev–Trinajstić information content (AvgIpc) is 2.45. The highest BCUT2D eigenvalue weighted by Crippen LogP contribution is 2.36. The smallest absolute Gasteiger partial charge is 0.0597 e. The Morgan fingerprint density at radius 1 is 1.27 bits per heavy atom. The predicted octanol–water partition coefficient (Wildman–Crippen LogP) is 1.92. The molecule has 15 heavy (non-hydrogen) atoms. The van der Waals surface area contributed by atoms with Crippen LogP contribution in [0.25, 0.3) is 0 Å². The molecule has 1 aliphatic rings. The summed E-state index contributed by atoms with van der Waals surface area (Å²) in [6.07, 6.45) is 1.81. The first-order chi connectivity index (χ1) is 7.02. The number of nitrogens with one attached hydrogen (secondary N) is 1. The molecule has 0 spiro atoms. The van der Waals surface area contributed by atoms with Gasteiger partial charge in [0.05, 0.1) is 12.2 Å². The molecule has 90 valence electrons. The fraction of sp³-hybridized carbons (Fsp3) is 1.00. The molecule has 0 aliphatic carbocycles. The van der Waals surface area contributed by atoms with E-state index in [2.05, 4.69) is 40.0 Å². The Balaban J connectivity index is 2.75. The molecule has 1 saturated heterocycles. The molecule has 6 atom stereocenters. The average molecular weight is 214 g/mol. The Morgan fingerprint density at radius 3 is 2.20 bits per heavy atom. The number of ether oxygens (including phenoxy) is 1. The highest BCUT2D eigenvalue weighted by Gasteiger charge is 2.42. The third-order valence-corrected chi connectivity index (χ3v) is 4.18. The van der Waals surface area contributed by atoms with Gasteiger partial charge in [-0.25, -0.2) is 0 Å². The predicted molar refractivity (Wildman–Crippen MR) is 63.2 cm³/mol. The maximum absolute atomic E-state index is 5.87. The summed E-state index contributed by atoms with van der Waals surface area (Å²) in [5.41, 5.74) is 3.00. The van der Waals surface area contributed by atoms with Gasteiger partial charge in [0.2, 0.25) is 0 Å². The maximum atomic E-state index is 5.87. The Kier molecular flexibility index (Phi) is 4.56. The van der Waals surface area contributed by atoms with Crippen LogP contribution in [0.5, 0.6) is 0 Å². The molecule has 1 heterocycles. The minimum absolute atomic E-state index is 0.310. The van der Waals surface area contributed by atoms with Crippen molar-refractivity contribution in [1.82, 2.24) is 5.43 Å². The molecule has 6 unspecified atom stereocenters. The quantitative estimate of drug-likeness (QED) is 0.555. The van der Waals surface area contributed by atoms with Gasteiger partial charge in [-0.2, -0.15) is 0 Å². The van der Waals surface area contributed by atoms with Crippen molar-refractivity contribution in [1.29, 1.82) is 0 Å². The molecule has 0 radical (unpaired) electrons. The van der Waals surface area contributed by atoms with Crippen molar-refractivity contribution < 1.29 is 4.74 Å². The van der Waals surface area contributed by atoms with Gasteiger partial charge < -0.3 is 4.74 Å². The van der Waals surface area contributed by atoms with E-state index in [9.17, 15) is 0 Å². The zero-order valence-electron chi connectivity index (χ0n) is 10.7. The minimum Gasteiger partial charge on any atom is -0.375 e. The van der Waals surface area contributed by atoms with Crippen molar-refractivity contribution >= 4 is 0 Å². The summed E-state index contributed by atoms with van der Waals surface area (Å²) in [6, 6.07) is 0.366. The molecule has 0 aromatic carbocycles. The Morgan fingerprint density at radius 2 is 1.87 bits per heavy atom. The number of nitrogens with two attached hydrogens (primary N) is 1. The first-order valence-electron chi connectivity index (χ1n) is 6.14. The second kappa shape index (κ2) is 5.28. The van der Waals surface area contributed by atoms with E-state index in [0.717, 1.165) is 6.42 Å². The second-order valence-corrected chi connectivity index (χ2v) is 5.06. The third-order valence-electron chi connectivity index (χ3n) is 4.18. The van der Waals surface area contributed by atoms with E-state index in [1.54, 1.807) is 0 Å². The molecule has 0 bridgehead atoms. The highest BCUT2D eigenvalue weighted by molar-refractivity contribution is 4.92. The summed E-state index contributed by atoms with van der Waals surface area (Å²) in [6.45, 7) is 11.1. The van der Waals surface area contributed by atoms with Crippen LogP contribution in [0, 0.1) is 17.8 Å². The van der Waals surface area contributed by atoms with Crippen LogP contribution in [-0.4, -0.2) is 18.2 Å². The summed E-state index contributed by atoms with van der Waals surface area (Å²) < 4.78 is 5.87. The van der Waals surface area contributed by atoms with Gasteiger partial charge in [0, 0.05) is 12.0 Å². The lowest BCUT2D eigenvalue weighted by Crippen LogP contribution is -2.49. The van der Waals surface area contributed by atoms with E-state index >= 15 is 0 Å². The number of hydrazine groups is 1. The molecule has 1 fully saturated rings. The summed E-state index contributed by atoms with van der Waals surface area (Å²) in [5.74, 6) is 7.40. The third kappa shape index (κ3) is 2.52. The first kappa shape index (κ1) is 12.9. The van der Waals surface area contributed by atoms with Crippen LogP contribution in [0.4, 0.5) is 0 Å². The van der Waals surface area contributed by atoms with Crippen LogP contribution in [0.15, 0.2) is 0 Å². The van der Waals surface area contributed by atoms with Gasteiger partial charge in [-0.3, -0.25) is 11.3 Å². The number of hydrogen-bond donors (Lipinski definition) is 2. The van der Waals surface area contributed by atoms with E-state index in [1.165, 1.54) is 0 Å². The molecule has 3 N–H and O–H groups in total. The van der Waals surface area contributed by atoms with Crippen LogP contribution < -0.4 is 11.3 Å². The Labute approximate surface area is 93.7 Å². The lowest BCUT2D eigenvalue weighted by atomic mass is 9.78. The van der Waals surface area contributed by atoms with E-state index < -0.39 is 0 Å². The van der Waals surface area contributed by atoms with Gasteiger partial charge in [-0.05, 0) is 25.7 Å². The van der Waals surface area contributed by atoms with Gasteiger partial charge in [0.1, 0.15) is 0 Å². The monoisotopic (exact) mass is 214 g/mol. The van der Waals surface area contributed by atoms with E-state index in [1.807, 2.05) is 0 Å². The van der Waals surface area contributed by atoms with Gasteiger partial charge in [0.25, 0.3) is 0 Å². The van der Waals surface area contributed by atoms with Crippen LogP contribution in [-0.2, 0) is 4.74 Å². The van der Waals surface area contributed by atoms with Crippen molar-refractivity contribution in [2.45, 2.75) is 59.3 Å². The highest BCUT2D eigenvalue weighted by atomic mass is 16.5. The zero-order chi connectivity index (χ0) is 11.6. The summed E-state index contributed by atoms with van der Waals surface area (Å²) in [7, 11) is 0. The van der Waals surface area contributed by atoms with Gasteiger partial charge in [-0.1, -0.05) is 27.2 Å². The maximum Gasteiger partial charge on any atom is 0.0597 e. The van der Waals surface area contributed by atoms with Gasteiger partial charge >= 0.3 is 0 Å².